The van der Waals surface area contributed by atoms with E-state index in [0.29, 0.717) is 24.6 Å². The van der Waals surface area contributed by atoms with Crippen molar-refractivity contribution in [2.24, 2.45) is 4.99 Å². The summed E-state index contributed by atoms with van der Waals surface area (Å²) in [5.74, 6) is 0.695. The molecule has 0 atom stereocenters. The lowest BCUT2D eigenvalue weighted by Gasteiger charge is -2.14. The number of ether oxygens (including phenoxy) is 1. The third-order valence-corrected chi connectivity index (χ3v) is 3.24. The average Bonchev–Trinajstić information content (AvgIpc) is 2.56. The van der Waals surface area contributed by atoms with Gasteiger partial charge in [-0.1, -0.05) is 24.3 Å². The van der Waals surface area contributed by atoms with Gasteiger partial charge in [-0.05, 0) is 25.1 Å². The molecule has 0 aliphatic rings. The summed E-state index contributed by atoms with van der Waals surface area (Å²) in [5.41, 5.74) is 2.45. The van der Waals surface area contributed by atoms with E-state index < -0.39 is 6.61 Å². The number of aliphatic imine (C=N–C) groups is 1. The molecule has 0 bridgehead atoms. The smallest absolute Gasteiger partial charge is 0.387 e. The number of para-hydroxylation sites is 1. The van der Waals surface area contributed by atoms with Crippen molar-refractivity contribution in [3.63, 3.8) is 0 Å². The lowest BCUT2D eigenvalue weighted by atomic mass is 10.2. The Labute approximate surface area is 139 Å². The molecular formula is C17H20F2N4O. The summed E-state index contributed by atoms with van der Waals surface area (Å²) in [5, 5.41) is 6.20. The molecule has 0 amide bonds. The molecule has 0 saturated heterocycles. The zero-order chi connectivity index (χ0) is 17.4. The van der Waals surface area contributed by atoms with E-state index in [4.69, 9.17) is 0 Å². The highest BCUT2D eigenvalue weighted by Gasteiger charge is 2.09. The molecule has 0 aliphatic heterocycles. The Morgan fingerprint density at radius 3 is 2.58 bits per heavy atom. The van der Waals surface area contributed by atoms with Crippen LogP contribution in [0.5, 0.6) is 5.75 Å². The number of hydrogen-bond acceptors (Lipinski definition) is 3. The van der Waals surface area contributed by atoms with E-state index in [1.165, 1.54) is 6.07 Å². The van der Waals surface area contributed by atoms with Crippen molar-refractivity contribution in [1.29, 1.82) is 0 Å². The minimum Gasteiger partial charge on any atom is -0.434 e. The molecule has 0 fully saturated rings. The fourth-order valence-corrected chi connectivity index (χ4v) is 2.13. The van der Waals surface area contributed by atoms with Crippen LogP contribution >= 0.6 is 0 Å². The van der Waals surface area contributed by atoms with E-state index in [1.54, 1.807) is 25.2 Å². The van der Waals surface area contributed by atoms with Gasteiger partial charge < -0.3 is 15.4 Å². The monoisotopic (exact) mass is 334 g/mol. The molecule has 128 valence electrons. The first-order valence-electron chi connectivity index (χ1n) is 7.48. The van der Waals surface area contributed by atoms with Crippen molar-refractivity contribution >= 4 is 5.96 Å². The summed E-state index contributed by atoms with van der Waals surface area (Å²) in [7, 11) is 1.64. The zero-order valence-corrected chi connectivity index (χ0v) is 13.6. The Morgan fingerprint density at radius 1 is 1.12 bits per heavy atom. The van der Waals surface area contributed by atoms with E-state index in [9.17, 15) is 8.78 Å². The zero-order valence-electron chi connectivity index (χ0n) is 13.6. The van der Waals surface area contributed by atoms with E-state index in [0.717, 1.165) is 11.4 Å². The molecule has 2 N–H and O–H groups in total. The van der Waals surface area contributed by atoms with E-state index in [2.05, 4.69) is 25.3 Å². The number of guanidine groups is 1. The third-order valence-electron chi connectivity index (χ3n) is 3.24. The first-order chi connectivity index (χ1) is 11.6. The van der Waals surface area contributed by atoms with Gasteiger partial charge in [-0.25, -0.2) is 0 Å². The molecule has 2 rings (SSSR count). The number of aryl methyl sites for hydroxylation is 1. The van der Waals surface area contributed by atoms with Gasteiger partial charge in [0, 0.05) is 24.8 Å². The normalized spacial score (nSPS) is 11.5. The molecule has 0 saturated carbocycles. The lowest BCUT2D eigenvalue weighted by Crippen LogP contribution is -2.36. The first-order valence-corrected chi connectivity index (χ1v) is 7.48. The number of rotatable bonds is 6. The summed E-state index contributed by atoms with van der Waals surface area (Å²) >= 11 is 0. The Balaban J connectivity index is 1.92. The number of nitrogens with one attached hydrogen (secondary N) is 2. The van der Waals surface area contributed by atoms with Crippen LogP contribution in [0.1, 0.15) is 17.0 Å². The van der Waals surface area contributed by atoms with Crippen LogP contribution in [0, 0.1) is 6.92 Å². The Hall–Kier alpha value is -2.70. The predicted octanol–water partition coefficient (Wildman–Crippen LogP) is 2.86. The molecule has 24 heavy (non-hydrogen) atoms. The van der Waals surface area contributed by atoms with Gasteiger partial charge in [0.15, 0.2) is 5.96 Å². The van der Waals surface area contributed by atoms with Gasteiger partial charge in [0.25, 0.3) is 0 Å². The number of pyridine rings is 1. The summed E-state index contributed by atoms with van der Waals surface area (Å²) in [4.78, 5) is 8.50. The molecule has 2 aromatic rings. The van der Waals surface area contributed by atoms with Crippen LogP contribution in [0.3, 0.4) is 0 Å². The molecular weight excluding hydrogens is 314 g/mol. The summed E-state index contributed by atoms with van der Waals surface area (Å²) in [6, 6.07) is 12.4. The fourth-order valence-electron chi connectivity index (χ4n) is 2.13. The van der Waals surface area contributed by atoms with Crippen molar-refractivity contribution in [3.05, 3.63) is 59.4 Å². The van der Waals surface area contributed by atoms with Gasteiger partial charge in [-0.15, -0.1) is 0 Å². The van der Waals surface area contributed by atoms with Crippen molar-refractivity contribution in [2.45, 2.75) is 26.6 Å². The number of alkyl halides is 2. The number of aromatic nitrogens is 1. The largest absolute Gasteiger partial charge is 0.434 e. The molecule has 7 heteroatoms. The molecule has 1 heterocycles. The lowest BCUT2D eigenvalue weighted by molar-refractivity contribution is -0.0504. The number of halogens is 2. The van der Waals surface area contributed by atoms with Crippen LogP contribution in [-0.2, 0) is 13.1 Å². The van der Waals surface area contributed by atoms with E-state index >= 15 is 0 Å². The Morgan fingerprint density at radius 2 is 1.88 bits per heavy atom. The minimum atomic E-state index is -2.85. The van der Waals surface area contributed by atoms with Gasteiger partial charge >= 0.3 is 6.61 Å². The molecule has 5 nitrogen and oxygen atoms in total. The van der Waals surface area contributed by atoms with E-state index in [-0.39, 0.29) is 5.75 Å². The second kappa shape index (κ2) is 8.81. The molecule has 1 aromatic heterocycles. The second-order valence-corrected chi connectivity index (χ2v) is 5.04. The van der Waals surface area contributed by atoms with Crippen LogP contribution in [0.15, 0.2) is 47.5 Å². The molecule has 0 aliphatic carbocycles. The predicted molar refractivity (Wildman–Crippen MR) is 89.1 cm³/mol. The standard InChI is InChI=1S/C17H20F2N4O/c1-12-6-5-8-14(23-12)11-22-17(20-2)21-10-13-7-3-4-9-15(13)24-16(18)19/h3-9,16H,10-11H2,1-2H3,(H2,20,21,22). The third kappa shape index (κ3) is 5.49. The van der Waals surface area contributed by atoms with Gasteiger partial charge in [0.2, 0.25) is 0 Å². The van der Waals surface area contributed by atoms with Crippen LogP contribution in [-0.4, -0.2) is 24.6 Å². The average molecular weight is 334 g/mol. The SMILES string of the molecule is CN=C(NCc1cccc(C)n1)NCc1ccccc1OC(F)F. The van der Waals surface area contributed by atoms with Crippen molar-refractivity contribution in [1.82, 2.24) is 15.6 Å². The Kier molecular flexibility index (Phi) is 6.48. The van der Waals surface area contributed by atoms with Gasteiger partial charge in [0.05, 0.1) is 12.2 Å². The molecule has 1 aromatic carbocycles. The highest BCUT2D eigenvalue weighted by molar-refractivity contribution is 5.79. The highest BCUT2D eigenvalue weighted by Crippen LogP contribution is 2.19. The number of nitrogens with zero attached hydrogens (tertiary/aromatic N) is 2. The number of benzene rings is 1. The highest BCUT2D eigenvalue weighted by atomic mass is 19.3. The van der Waals surface area contributed by atoms with Crippen LogP contribution in [0.2, 0.25) is 0 Å². The van der Waals surface area contributed by atoms with Crippen LogP contribution < -0.4 is 15.4 Å². The van der Waals surface area contributed by atoms with Crippen molar-refractivity contribution < 1.29 is 13.5 Å². The second-order valence-electron chi connectivity index (χ2n) is 5.04. The van der Waals surface area contributed by atoms with Gasteiger partial charge in [0.1, 0.15) is 5.75 Å². The van der Waals surface area contributed by atoms with E-state index in [1.807, 2.05) is 25.1 Å². The Bertz CT molecular complexity index is 692. The van der Waals surface area contributed by atoms with Crippen molar-refractivity contribution in [2.75, 3.05) is 7.05 Å². The van der Waals surface area contributed by atoms with Gasteiger partial charge in [-0.3, -0.25) is 9.98 Å². The maximum Gasteiger partial charge on any atom is 0.387 e. The molecule has 0 spiro atoms. The maximum atomic E-state index is 12.4. The van der Waals surface area contributed by atoms with Crippen molar-refractivity contribution in [3.8, 4) is 5.75 Å². The maximum absolute atomic E-state index is 12.4. The quantitative estimate of drug-likeness (QED) is 0.630. The number of hydrogen-bond donors (Lipinski definition) is 2. The van der Waals surface area contributed by atoms with Crippen LogP contribution in [0.4, 0.5) is 8.78 Å². The summed E-state index contributed by atoms with van der Waals surface area (Å²) in [6.45, 7) is -0.104. The summed E-state index contributed by atoms with van der Waals surface area (Å²) in [6.07, 6.45) is 0. The van der Waals surface area contributed by atoms with Gasteiger partial charge in [-0.2, -0.15) is 8.78 Å². The summed E-state index contributed by atoms with van der Waals surface area (Å²) < 4.78 is 29.4. The fraction of sp³-hybridized carbons (Fsp3) is 0.294. The van der Waals surface area contributed by atoms with Crippen LogP contribution in [0.25, 0.3) is 0 Å². The molecule has 0 radical (unpaired) electrons. The topological polar surface area (TPSA) is 58.5 Å². The molecule has 0 unspecified atom stereocenters. The first kappa shape index (κ1) is 17.7. The minimum absolute atomic E-state index is 0.149.